The molecule has 194 valence electrons. The van der Waals surface area contributed by atoms with E-state index < -0.39 is 27.8 Å². The molecule has 14 heteroatoms. The fraction of sp³-hybridized carbons (Fsp3) is 0.273. The first kappa shape index (κ1) is 28.6. The van der Waals surface area contributed by atoms with E-state index in [4.69, 9.17) is 33.9 Å². The summed E-state index contributed by atoms with van der Waals surface area (Å²) in [7, 11) is -3.92. The third-order valence-electron chi connectivity index (χ3n) is 4.30. The van der Waals surface area contributed by atoms with Gasteiger partial charge in [-0.25, -0.2) is 27.9 Å². The van der Waals surface area contributed by atoms with Gasteiger partial charge in [0, 0.05) is 23.4 Å². The van der Waals surface area contributed by atoms with Crippen LogP contribution >= 0.6 is 11.8 Å². The Kier molecular flexibility index (Phi) is 9.44. The number of guanidine groups is 1. The molecule has 2 aromatic carbocycles. The maximum atomic E-state index is 12.3. The van der Waals surface area contributed by atoms with E-state index in [9.17, 15) is 14.4 Å². The highest BCUT2D eigenvalue weighted by atomic mass is 32.2. The van der Waals surface area contributed by atoms with Crippen LogP contribution in [0.5, 0.6) is 5.75 Å². The molecule has 12 nitrogen and oxygen atoms in total. The standard InChI is InChI=1S/C21H22N4O5S.CH4O3S/c1-21(2)18(27)25(20(28)30-21)11-12-31-16-9-7-15(8-10-16)29-17(26)13-3-5-14(6-4-13)24-19(22)23;1-5(2,3)4/h3-10H,11-12H2,1-2H3,(H4,22,23,24);1H3,(H,2,3,4)/p-1. The summed E-state index contributed by atoms with van der Waals surface area (Å²) < 4.78 is 37.6. The number of carbonyl (C=O) groups is 3. The summed E-state index contributed by atoms with van der Waals surface area (Å²) in [6.45, 7) is 3.38. The van der Waals surface area contributed by atoms with Crippen molar-refractivity contribution in [2.75, 3.05) is 18.6 Å². The number of cyclic esters (lactones) is 1. The van der Waals surface area contributed by atoms with Gasteiger partial charge in [0.05, 0.1) is 21.4 Å². The SMILES string of the molecule is CC1(C)OC(=O)N(CCSc2ccc(OC(=O)c3ccc(N=C(N)N)cc3)cc2)C1=O.CS(=O)(=O)[O-]. The number of nitrogens with zero attached hydrogens (tertiary/aromatic N) is 2. The molecule has 0 aliphatic carbocycles. The summed E-state index contributed by atoms with van der Waals surface area (Å²) in [5.41, 5.74) is 10.4. The number of benzene rings is 2. The number of aliphatic imine (C=N–C) groups is 1. The Morgan fingerprint density at radius 3 is 2.14 bits per heavy atom. The lowest BCUT2D eigenvalue weighted by Gasteiger charge is -2.13. The van der Waals surface area contributed by atoms with Crippen molar-refractivity contribution in [2.45, 2.75) is 24.3 Å². The number of carbonyl (C=O) groups excluding carboxylic acids is 3. The second-order valence-corrected chi connectivity index (χ2v) is 10.4. The van der Waals surface area contributed by atoms with Gasteiger partial charge in [0.2, 0.25) is 0 Å². The van der Waals surface area contributed by atoms with Crippen LogP contribution in [0.1, 0.15) is 24.2 Å². The highest BCUT2D eigenvalue weighted by molar-refractivity contribution is 7.99. The van der Waals surface area contributed by atoms with E-state index in [0.717, 1.165) is 9.80 Å². The summed E-state index contributed by atoms with van der Waals surface area (Å²) in [5.74, 6) is -0.0122. The zero-order valence-corrected chi connectivity index (χ0v) is 21.3. The number of hydrogen-bond acceptors (Lipinski definition) is 10. The molecule has 0 bridgehead atoms. The Bertz CT molecular complexity index is 1230. The topological polar surface area (TPSA) is 195 Å². The number of thioether (sulfide) groups is 1. The number of rotatable bonds is 7. The maximum absolute atomic E-state index is 12.3. The minimum Gasteiger partial charge on any atom is -0.748 e. The van der Waals surface area contributed by atoms with Crippen molar-refractivity contribution in [2.24, 2.45) is 16.5 Å². The molecule has 36 heavy (non-hydrogen) atoms. The van der Waals surface area contributed by atoms with E-state index in [2.05, 4.69) is 4.99 Å². The van der Waals surface area contributed by atoms with Crippen molar-refractivity contribution < 1.29 is 36.8 Å². The third kappa shape index (κ3) is 9.20. The van der Waals surface area contributed by atoms with Gasteiger partial charge in [0.15, 0.2) is 11.6 Å². The molecule has 1 aliphatic heterocycles. The second-order valence-electron chi connectivity index (χ2n) is 7.83. The molecule has 1 saturated heterocycles. The first-order chi connectivity index (χ1) is 16.7. The average Bonchev–Trinajstić information content (AvgIpc) is 2.95. The molecular formula is C22H25N4O8S2-. The minimum atomic E-state index is -3.92. The number of nitrogens with two attached hydrogens (primary N) is 2. The van der Waals surface area contributed by atoms with Crippen LogP contribution in [0, 0.1) is 0 Å². The molecule has 3 rings (SSSR count). The molecule has 0 aromatic heterocycles. The van der Waals surface area contributed by atoms with E-state index >= 15 is 0 Å². The summed E-state index contributed by atoms with van der Waals surface area (Å²) >= 11 is 1.47. The van der Waals surface area contributed by atoms with E-state index in [1.165, 1.54) is 11.8 Å². The third-order valence-corrected chi connectivity index (χ3v) is 5.29. The van der Waals surface area contributed by atoms with Gasteiger partial charge in [-0.3, -0.25) is 4.79 Å². The van der Waals surface area contributed by atoms with Crippen LogP contribution in [-0.4, -0.2) is 66.0 Å². The smallest absolute Gasteiger partial charge is 0.417 e. The van der Waals surface area contributed by atoms with Crippen LogP contribution in [0.2, 0.25) is 0 Å². The Morgan fingerprint density at radius 1 is 1.11 bits per heavy atom. The summed E-state index contributed by atoms with van der Waals surface area (Å²) in [6, 6.07) is 13.3. The van der Waals surface area contributed by atoms with Gasteiger partial charge in [-0.2, -0.15) is 0 Å². The molecule has 1 fully saturated rings. The highest BCUT2D eigenvalue weighted by Gasteiger charge is 2.46. The van der Waals surface area contributed by atoms with E-state index in [0.29, 0.717) is 29.0 Å². The average molecular weight is 538 g/mol. The summed E-state index contributed by atoms with van der Waals surface area (Å²) in [6.07, 6.45) is -0.0170. The lowest BCUT2D eigenvalue weighted by Crippen LogP contribution is -2.37. The van der Waals surface area contributed by atoms with Gasteiger partial charge in [-0.1, -0.05) is 0 Å². The fourth-order valence-electron chi connectivity index (χ4n) is 2.76. The lowest BCUT2D eigenvalue weighted by molar-refractivity contribution is -0.134. The molecule has 1 aliphatic rings. The Labute approximate surface area is 212 Å². The summed E-state index contributed by atoms with van der Waals surface area (Å²) in [5, 5.41) is 0. The van der Waals surface area contributed by atoms with E-state index in [-0.39, 0.29) is 18.4 Å². The molecular weight excluding hydrogens is 512 g/mol. The molecule has 0 saturated carbocycles. The van der Waals surface area contributed by atoms with Gasteiger partial charge >= 0.3 is 12.1 Å². The predicted octanol–water partition coefficient (Wildman–Crippen LogP) is 1.82. The van der Waals surface area contributed by atoms with E-state index in [1.54, 1.807) is 62.4 Å². The summed E-state index contributed by atoms with van der Waals surface area (Å²) in [4.78, 5) is 42.1. The Balaban J connectivity index is 0.000000830. The number of imide groups is 1. The van der Waals surface area contributed by atoms with Gasteiger partial charge < -0.3 is 25.5 Å². The molecule has 0 atom stereocenters. The second kappa shape index (κ2) is 11.9. The van der Waals surface area contributed by atoms with Crippen molar-refractivity contribution in [3.05, 3.63) is 54.1 Å². The van der Waals surface area contributed by atoms with Crippen molar-refractivity contribution in [1.29, 1.82) is 0 Å². The maximum Gasteiger partial charge on any atom is 0.417 e. The van der Waals surface area contributed by atoms with Crippen molar-refractivity contribution in [1.82, 2.24) is 4.90 Å². The highest BCUT2D eigenvalue weighted by Crippen LogP contribution is 2.26. The number of amides is 2. The van der Waals surface area contributed by atoms with Crippen molar-refractivity contribution in [3.63, 3.8) is 0 Å². The molecule has 0 unspecified atom stereocenters. The van der Waals surface area contributed by atoms with E-state index in [1.807, 2.05) is 0 Å². The van der Waals surface area contributed by atoms with Crippen LogP contribution < -0.4 is 16.2 Å². The Hall–Kier alpha value is -3.62. The van der Waals surface area contributed by atoms with Crippen LogP contribution in [0.15, 0.2) is 58.4 Å². The molecule has 1 heterocycles. The van der Waals surface area contributed by atoms with Crippen molar-refractivity contribution in [3.8, 4) is 5.75 Å². The Morgan fingerprint density at radius 2 is 1.67 bits per heavy atom. The van der Waals surface area contributed by atoms with Crippen LogP contribution in [0.3, 0.4) is 0 Å². The van der Waals surface area contributed by atoms with Gasteiger partial charge in [0.25, 0.3) is 5.91 Å². The number of hydrogen-bond donors (Lipinski definition) is 2. The van der Waals surface area contributed by atoms with Crippen LogP contribution in [-0.2, 0) is 19.6 Å². The van der Waals surface area contributed by atoms with Gasteiger partial charge in [0.1, 0.15) is 5.75 Å². The number of esters is 1. The van der Waals surface area contributed by atoms with Gasteiger partial charge in [-0.15, -0.1) is 11.8 Å². The molecule has 0 radical (unpaired) electrons. The van der Waals surface area contributed by atoms with Crippen LogP contribution in [0.4, 0.5) is 10.5 Å². The fourth-order valence-corrected chi connectivity index (χ4v) is 3.60. The first-order valence-electron chi connectivity index (χ1n) is 10.3. The molecule has 2 amide bonds. The normalized spacial score (nSPS) is 14.4. The predicted molar refractivity (Wildman–Crippen MR) is 132 cm³/mol. The molecule has 0 spiro atoms. The minimum absolute atomic E-state index is 0.0657. The lowest BCUT2D eigenvalue weighted by atomic mass is 10.1. The first-order valence-corrected chi connectivity index (χ1v) is 13.1. The zero-order valence-electron chi connectivity index (χ0n) is 19.7. The van der Waals surface area contributed by atoms with Crippen molar-refractivity contribution >= 4 is 51.5 Å². The zero-order chi connectivity index (χ0) is 27.1. The monoisotopic (exact) mass is 537 g/mol. The van der Waals surface area contributed by atoms with Gasteiger partial charge in [-0.05, 0) is 62.4 Å². The number of ether oxygens (including phenoxy) is 2. The quantitative estimate of drug-likeness (QED) is 0.131. The molecule has 4 N–H and O–H groups in total. The molecule has 2 aromatic rings. The van der Waals surface area contributed by atoms with Crippen LogP contribution in [0.25, 0.3) is 0 Å². The largest absolute Gasteiger partial charge is 0.748 e.